The van der Waals surface area contributed by atoms with Gasteiger partial charge in [0.2, 0.25) is 5.91 Å². The molecule has 0 radical (unpaired) electrons. The van der Waals surface area contributed by atoms with Crippen molar-refractivity contribution in [1.82, 2.24) is 10.6 Å². The Hall–Kier alpha value is -1.13. The summed E-state index contributed by atoms with van der Waals surface area (Å²) in [6.07, 6.45) is 4.36. The molecule has 0 bridgehead atoms. The van der Waals surface area contributed by atoms with Crippen LogP contribution in [0.5, 0.6) is 0 Å². The van der Waals surface area contributed by atoms with E-state index in [1.54, 1.807) is 12.1 Å². The van der Waals surface area contributed by atoms with Crippen LogP contribution in [0.3, 0.4) is 0 Å². The van der Waals surface area contributed by atoms with Crippen LogP contribution in [0.25, 0.3) is 0 Å². The molecule has 1 unspecified atom stereocenters. The van der Waals surface area contributed by atoms with E-state index >= 15 is 0 Å². The van der Waals surface area contributed by atoms with Gasteiger partial charge in [-0.1, -0.05) is 18.2 Å². The third-order valence-corrected chi connectivity index (χ3v) is 3.56. The maximum atomic E-state index is 13.3. The molecule has 112 valence electrons. The first-order valence-electron chi connectivity index (χ1n) is 6.99. The number of halogens is 2. The fourth-order valence-corrected chi connectivity index (χ4v) is 2.43. The van der Waals surface area contributed by atoms with Gasteiger partial charge in [-0.05, 0) is 43.9 Å². The van der Waals surface area contributed by atoms with Crippen LogP contribution in [-0.2, 0) is 11.2 Å². The molecule has 1 fully saturated rings. The Bertz CT molecular complexity index is 422. The first-order valence-corrected chi connectivity index (χ1v) is 6.99. The van der Waals surface area contributed by atoms with Gasteiger partial charge in [-0.3, -0.25) is 4.79 Å². The van der Waals surface area contributed by atoms with Gasteiger partial charge >= 0.3 is 0 Å². The lowest BCUT2D eigenvalue weighted by Crippen LogP contribution is -2.28. The minimum atomic E-state index is -0.202. The maximum Gasteiger partial charge on any atom is 0.220 e. The lowest BCUT2D eigenvalue weighted by molar-refractivity contribution is -0.121. The molecule has 20 heavy (non-hydrogen) atoms. The quantitative estimate of drug-likeness (QED) is 0.847. The van der Waals surface area contributed by atoms with Crippen molar-refractivity contribution in [1.29, 1.82) is 0 Å². The number of amides is 1. The highest BCUT2D eigenvalue weighted by Gasteiger charge is 2.14. The Morgan fingerprint density at radius 3 is 2.90 bits per heavy atom. The number of benzene rings is 1. The average molecular weight is 301 g/mol. The normalized spacial score (nSPS) is 17.6. The average Bonchev–Trinajstić information content (AvgIpc) is 2.92. The molecule has 3 nitrogen and oxygen atoms in total. The highest BCUT2D eigenvalue weighted by atomic mass is 35.5. The van der Waals surface area contributed by atoms with Crippen LogP contribution >= 0.6 is 12.4 Å². The van der Waals surface area contributed by atoms with Gasteiger partial charge in [-0.15, -0.1) is 12.4 Å². The molecule has 1 heterocycles. The Morgan fingerprint density at radius 2 is 2.20 bits per heavy atom. The smallest absolute Gasteiger partial charge is 0.220 e. The molecule has 0 aliphatic carbocycles. The lowest BCUT2D eigenvalue weighted by atomic mass is 10.1. The summed E-state index contributed by atoms with van der Waals surface area (Å²) in [5.41, 5.74) is 0.653. The summed E-state index contributed by atoms with van der Waals surface area (Å²) in [5, 5.41) is 6.22. The van der Waals surface area contributed by atoms with Crippen LogP contribution in [0.2, 0.25) is 0 Å². The summed E-state index contributed by atoms with van der Waals surface area (Å²) in [4.78, 5) is 11.6. The highest BCUT2D eigenvalue weighted by molar-refractivity contribution is 5.85. The minimum absolute atomic E-state index is 0. The van der Waals surface area contributed by atoms with E-state index in [0.717, 1.165) is 13.0 Å². The second-order valence-corrected chi connectivity index (χ2v) is 5.02. The molecule has 0 saturated carbocycles. The van der Waals surface area contributed by atoms with E-state index in [1.807, 2.05) is 6.07 Å². The summed E-state index contributed by atoms with van der Waals surface area (Å²) in [7, 11) is 0. The largest absolute Gasteiger partial charge is 0.356 e. The molecule has 0 spiro atoms. The van der Waals surface area contributed by atoms with E-state index in [1.165, 1.54) is 18.9 Å². The third kappa shape index (κ3) is 5.47. The maximum absolute atomic E-state index is 13.3. The number of hydrogen-bond acceptors (Lipinski definition) is 2. The predicted molar refractivity (Wildman–Crippen MR) is 80.6 cm³/mol. The zero-order valence-electron chi connectivity index (χ0n) is 11.5. The monoisotopic (exact) mass is 300 g/mol. The van der Waals surface area contributed by atoms with Crippen LogP contribution < -0.4 is 10.6 Å². The van der Waals surface area contributed by atoms with Crippen molar-refractivity contribution in [3.8, 4) is 0 Å². The molecule has 2 N–H and O–H groups in total. The topological polar surface area (TPSA) is 41.1 Å². The summed E-state index contributed by atoms with van der Waals surface area (Å²) in [5.74, 6) is -0.142. The van der Waals surface area contributed by atoms with E-state index in [-0.39, 0.29) is 24.1 Å². The number of carbonyl (C=O) groups excluding carboxylic acids is 1. The van der Waals surface area contributed by atoms with E-state index in [2.05, 4.69) is 10.6 Å². The third-order valence-electron chi connectivity index (χ3n) is 3.56. The first kappa shape index (κ1) is 16.9. The first-order chi connectivity index (χ1) is 9.25. The molecule has 1 atom stereocenters. The number of hydrogen-bond donors (Lipinski definition) is 2. The minimum Gasteiger partial charge on any atom is -0.356 e. The predicted octanol–water partition coefficient (Wildman–Crippen LogP) is 2.44. The van der Waals surface area contributed by atoms with Gasteiger partial charge in [-0.2, -0.15) is 0 Å². The summed E-state index contributed by atoms with van der Waals surface area (Å²) in [6.45, 7) is 1.57. The van der Waals surface area contributed by atoms with Crippen molar-refractivity contribution in [2.75, 3.05) is 13.1 Å². The van der Waals surface area contributed by atoms with Crippen molar-refractivity contribution < 1.29 is 9.18 Å². The Labute approximate surface area is 125 Å². The van der Waals surface area contributed by atoms with E-state index < -0.39 is 0 Å². The van der Waals surface area contributed by atoms with Crippen LogP contribution in [-0.4, -0.2) is 25.0 Å². The number of carbonyl (C=O) groups is 1. The fourth-order valence-electron chi connectivity index (χ4n) is 2.43. The number of rotatable bonds is 6. The lowest BCUT2D eigenvalue weighted by Gasteiger charge is -2.10. The van der Waals surface area contributed by atoms with E-state index in [4.69, 9.17) is 0 Å². The zero-order valence-corrected chi connectivity index (χ0v) is 12.3. The van der Waals surface area contributed by atoms with Crippen LogP contribution in [0.1, 0.15) is 31.2 Å². The molecule has 1 aromatic rings. The van der Waals surface area contributed by atoms with Gasteiger partial charge in [-0.25, -0.2) is 4.39 Å². The van der Waals surface area contributed by atoms with Gasteiger partial charge in [0.25, 0.3) is 0 Å². The Balaban J connectivity index is 0.00000200. The standard InChI is InChI=1S/C15H21FN2O.ClH/c16-14-6-2-1-4-12(14)9-11-18-15(19)8-7-13-5-3-10-17-13;/h1-2,4,6,13,17H,3,5,7-11H2,(H,18,19);1H. The second kappa shape index (κ2) is 8.93. The molecule has 0 aromatic heterocycles. The van der Waals surface area contributed by atoms with Crippen LogP contribution in [0, 0.1) is 5.82 Å². The Kier molecular flexibility index (Phi) is 7.55. The van der Waals surface area contributed by atoms with Crippen LogP contribution in [0.15, 0.2) is 24.3 Å². The molecule has 5 heteroatoms. The van der Waals surface area contributed by atoms with Crippen molar-refractivity contribution in [2.45, 2.75) is 38.1 Å². The van der Waals surface area contributed by atoms with Gasteiger partial charge in [0, 0.05) is 19.0 Å². The Morgan fingerprint density at radius 1 is 1.40 bits per heavy atom. The second-order valence-electron chi connectivity index (χ2n) is 5.02. The van der Waals surface area contributed by atoms with Gasteiger partial charge in [0.15, 0.2) is 0 Å². The molecule has 1 aliphatic heterocycles. The number of nitrogens with one attached hydrogen (secondary N) is 2. The molecule has 1 saturated heterocycles. The van der Waals surface area contributed by atoms with E-state index in [9.17, 15) is 9.18 Å². The molecule has 1 aromatic carbocycles. The van der Waals surface area contributed by atoms with Crippen LogP contribution in [0.4, 0.5) is 4.39 Å². The van der Waals surface area contributed by atoms with Crippen molar-refractivity contribution in [3.05, 3.63) is 35.6 Å². The fraction of sp³-hybridized carbons (Fsp3) is 0.533. The van der Waals surface area contributed by atoms with Crippen molar-refractivity contribution in [3.63, 3.8) is 0 Å². The molecular weight excluding hydrogens is 279 g/mol. The van der Waals surface area contributed by atoms with Gasteiger partial charge < -0.3 is 10.6 Å². The molecule has 1 amide bonds. The molecule has 1 aliphatic rings. The van der Waals surface area contributed by atoms with Gasteiger partial charge in [0.1, 0.15) is 5.82 Å². The summed E-state index contributed by atoms with van der Waals surface area (Å²) < 4.78 is 13.3. The van der Waals surface area contributed by atoms with E-state index in [0.29, 0.717) is 31.0 Å². The molecular formula is C15H22ClFN2O. The van der Waals surface area contributed by atoms with Gasteiger partial charge in [0.05, 0.1) is 0 Å². The molecule has 2 rings (SSSR count). The summed E-state index contributed by atoms with van der Waals surface area (Å²) >= 11 is 0. The SMILES string of the molecule is Cl.O=C(CCC1CCCN1)NCCc1ccccc1F. The summed E-state index contributed by atoms with van der Waals surface area (Å²) in [6, 6.07) is 7.18. The van der Waals surface area contributed by atoms with Crippen molar-refractivity contribution >= 4 is 18.3 Å². The van der Waals surface area contributed by atoms with Crippen molar-refractivity contribution in [2.24, 2.45) is 0 Å². The highest BCUT2D eigenvalue weighted by Crippen LogP contribution is 2.10. The zero-order chi connectivity index (χ0) is 13.5.